The van der Waals surface area contributed by atoms with Gasteiger partial charge in [0.25, 0.3) is 0 Å². The lowest BCUT2D eigenvalue weighted by molar-refractivity contribution is 0.566. The molecule has 0 saturated heterocycles. The van der Waals surface area contributed by atoms with Gasteiger partial charge in [0.05, 0.1) is 4.90 Å². The lowest BCUT2D eigenvalue weighted by Gasteiger charge is -2.16. The van der Waals surface area contributed by atoms with Crippen LogP contribution in [0.3, 0.4) is 0 Å². The van der Waals surface area contributed by atoms with Crippen LogP contribution in [0.4, 0.5) is 0 Å². The van der Waals surface area contributed by atoms with Gasteiger partial charge in [-0.2, -0.15) is 0 Å². The topological polar surface area (TPSA) is 46.2 Å². The maximum absolute atomic E-state index is 12.4. The summed E-state index contributed by atoms with van der Waals surface area (Å²) in [5.41, 5.74) is 3.20. The number of aryl methyl sites for hydroxylation is 2. The van der Waals surface area contributed by atoms with Gasteiger partial charge in [0.1, 0.15) is 0 Å². The fourth-order valence-corrected chi connectivity index (χ4v) is 3.56. The van der Waals surface area contributed by atoms with Crippen molar-refractivity contribution >= 4 is 10.0 Å². The molecule has 0 aliphatic heterocycles. The maximum Gasteiger partial charge on any atom is 0.241 e. The third kappa shape index (κ3) is 3.71. The highest BCUT2D eigenvalue weighted by Gasteiger charge is 2.19. The molecule has 1 atom stereocenters. The molecule has 0 bridgehead atoms. The van der Waals surface area contributed by atoms with Crippen molar-refractivity contribution in [2.75, 3.05) is 0 Å². The Bertz CT molecular complexity index is 706. The van der Waals surface area contributed by atoms with Crippen LogP contribution in [-0.2, 0) is 16.4 Å². The van der Waals surface area contributed by atoms with Crippen LogP contribution >= 0.6 is 0 Å². The van der Waals surface area contributed by atoms with Crippen LogP contribution in [-0.4, -0.2) is 8.42 Å². The zero-order valence-corrected chi connectivity index (χ0v) is 13.4. The van der Waals surface area contributed by atoms with Crippen LogP contribution in [0.5, 0.6) is 0 Å². The van der Waals surface area contributed by atoms with E-state index in [2.05, 4.69) is 4.72 Å². The quantitative estimate of drug-likeness (QED) is 0.917. The van der Waals surface area contributed by atoms with Crippen molar-refractivity contribution in [3.05, 3.63) is 65.2 Å². The zero-order valence-electron chi connectivity index (χ0n) is 12.6. The minimum Gasteiger partial charge on any atom is -0.207 e. The first-order valence-corrected chi connectivity index (χ1v) is 8.59. The second kappa shape index (κ2) is 6.41. The SMILES string of the molecule is CCc1ccc(S(=O)(=O)NC(C)c2ccccc2C)cc1. The minimum absolute atomic E-state index is 0.262. The van der Waals surface area contributed by atoms with E-state index in [4.69, 9.17) is 0 Å². The number of sulfonamides is 1. The highest BCUT2D eigenvalue weighted by atomic mass is 32.2. The summed E-state index contributed by atoms with van der Waals surface area (Å²) in [7, 11) is -3.50. The number of nitrogens with one attached hydrogen (secondary N) is 1. The summed E-state index contributed by atoms with van der Waals surface area (Å²) < 4.78 is 27.6. The Labute approximate surface area is 127 Å². The third-order valence-electron chi connectivity index (χ3n) is 3.63. The van der Waals surface area contributed by atoms with E-state index >= 15 is 0 Å². The maximum atomic E-state index is 12.4. The summed E-state index contributed by atoms with van der Waals surface area (Å²) in [5.74, 6) is 0. The third-order valence-corrected chi connectivity index (χ3v) is 5.19. The molecule has 0 fully saturated rings. The molecule has 1 unspecified atom stereocenters. The van der Waals surface area contributed by atoms with Crippen LogP contribution < -0.4 is 4.72 Å². The van der Waals surface area contributed by atoms with Crippen molar-refractivity contribution in [3.63, 3.8) is 0 Å². The summed E-state index contributed by atoms with van der Waals surface area (Å²) in [6, 6.07) is 14.6. The van der Waals surface area contributed by atoms with Gasteiger partial charge in [0, 0.05) is 6.04 Å². The zero-order chi connectivity index (χ0) is 15.5. The predicted octanol–water partition coefficient (Wildman–Crippen LogP) is 3.60. The Morgan fingerprint density at radius 1 is 1.05 bits per heavy atom. The number of benzene rings is 2. The van der Waals surface area contributed by atoms with Crippen molar-refractivity contribution in [1.29, 1.82) is 0 Å². The summed E-state index contributed by atoms with van der Waals surface area (Å²) in [4.78, 5) is 0.306. The second-order valence-corrected chi connectivity index (χ2v) is 6.91. The number of hydrogen-bond donors (Lipinski definition) is 1. The molecular weight excluding hydrogens is 282 g/mol. The largest absolute Gasteiger partial charge is 0.241 e. The average Bonchev–Trinajstić information content (AvgIpc) is 2.47. The first kappa shape index (κ1) is 15.7. The minimum atomic E-state index is -3.50. The summed E-state index contributed by atoms with van der Waals surface area (Å²) in [5, 5.41) is 0. The fraction of sp³-hybridized carbons (Fsp3) is 0.294. The smallest absolute Gasteiger partial charge is 0.207 e. The highest BCUT2D eigenvalue weighted by molar-refractivity contribution is 7.89. The van der Waals surface area contributed by atoms with Crippen molar-refractivity contribution in [1.82, 2.24) is 4.72 Å². The molecule has 3 nitrogen and oxygen atoms in total. The number of hydrogen-bond acceptors (Lipinski definition) is 2. The molecule has 4 heteroatoms. The molecule has 2 aromatic rings. The Balaban J connectivity index is 2.22. The van der Waals surface area contributed by atoms with Gasteiger partial charge in [-0.15, -0.1) is 0 Å². The second-order valence-electron chi connectivity index (χ2n) is 5.20. The van der Waals surface area contributed by atoms with Gasteiger partial charge < -0.3 is 0 Å². The van der Waals surface area contributed by atoms with Gasteiger partial charge >= 0.3 is 0 Å². The number of rotatable bonds is 5. The molecule has 0 aliphatic carbocycles. The molecule has 2 aromatic carbocycles. The molecule has 21 heavy (non-hydrogen) atoms. The van der Waals surface area contributed by atoms with Crippen LogP contribution in [0.25, 0.3) is 0 Å². The van der Waals surface area contributed by atoms with E-state index in [9.17, 15) is 8.42 Å². The van der Waals surface area contributed by atoms with E-state index in [1.165, 1.54) is 0 Å². The van der Waals surface area contributed by atoms with Crippen molar-refractivity contribution in [3.8, 4) is 0 Å². The Morgan fingerprint density at radius 3 is 2.24 bits per heavy atom. The van der Waals surface area contributed by atoms with E-state index < -0.39 is 10.0 Å². The molecule has 0 aromatic heterocycles. The van der Waals surface area contributed by atoms with E-state index in [0.29, 0.717) is 4.90 Å². The summed E-state index contributed by atoms with van der Waals surface area (Å²) in [6.45, 7) is 5.89. The van der Waals surface area contributed by atoms with E-state index in [-0.39, 0.29) is 6.04 Å². The van der Waals surface area contributed by atoms with Gasteiger partial charge in [0.2, 0.25) is 10.0 Å². The molecule has 0 aliphatic rings. The van der Waals surface area contributed by atoms with Gasteiger partial charge in [-0.05, 0) is 49.1 Å². The molecule has 0 heterocycles. The predicted molar refractivity (Wildman–Crippen MR) is 85.7 cm³/mol. The Morgan fingerprint density at radius 2 is 1.67 bits per heavy atom. The first-order valence-electron chi connectivity index (χ1n) is 7.11. The lowest BCUT2D eigenvalue weighted by Crippen LogP contribution is -2.27. The van der Waals surface area contributed by atoms with Crippen molar-refractivity contribution in [2.45, 2.75) is 38.1 Å². The van der Waals surface area contributed by atoms with Crippen LogP contribution in [0, 0.1) is 6.92 Å². The normalized spacial score (nSPS) is 13.1. The molecule has 0 amide bonds. The summed E-state index contributed by atoms with van der Waals surface area (Å²) >= 11 is 0. The first-order chi connectivity index (χ1) is 9.94. The van der Waals surface area contributed by atoms with E-state index in [1.807, 2.05) is 57.2 Å². The van der Waals surface area contributed by atoms with Gasteiger partial charge in [-0.1, -0.05) is 43.3 Å². The van der Waals surface area contributed by atoms with Crippen LogP contribution in [0.2, 0.25) is 0 Å². The van der Waals surface area contributed by atoms with Crippen molar-refractivity contribution < 1.29 is 8.42 Å². The fourth-order valence-electron chi connectivity index (χ4n) is 2.34. The molecule has 2 rings (SSSR count). The van der Waals surface area contributed by atoms with Gasteiger partial charge in [-0.3, -0.25) is 0 Å². The van der Waals surface area contributed by atoms with Gasteiger partial charge in [0.15, 0.2) is 0 Å². The van der Waals surface area contributed by atoms with E-state index in [0.717, 1.165) is 23.1 Å². The molecule has 0 radical (unpaired) electrons. The van der Waals surface area contributed by atoms with Crippen molar-refractivity contribution in [2.24, 2.45) is 0 Å². The molecule has 0 saturated carbocycles. The van der Waals surface area contributed by atoms with Crippen LogP contribution in [0.1, 0.15) is 36.6 Å². The highest BCUT2D eigenvalue weighted by Crippen LogP contribution is 2.20. The van der Waals surface area contributed by atoms with Crippen LogP contribution in [0.15, 0.2) is 53.4 Å². The molecular formula is C17H21NO2S. The monoisotopic (exact) mass is 303 g/mol. The molecule has 0 spiro atoms. The summed E-state index contributed by atoms with van der Waals surface area (Å²) in [6.07, 6.45) is 0.896. The Kier molecular flexibility index (Phi) is 4.80. The lowest BCUT2D eigenvalue weighted by atomic mass is 10.0. The average molecular weight is 303 g/mol. The van der Waals surface area contributed by atoms with E-state index in [1.54, 1.807) is 12.1 Å². The Hall–Kier alpha value is -1.65. The molecule has 1 N–H and O–H groups in total. The standard InChI is InChI=1S/C17H21NO2S/c1-4-15-9-11-16(12-10-15)21(19,20)18-14(3)17-8-6-5-7-13(17)2/h5-12,14,18H,4H2,1-3H3. The molecule has 112 valence electrons. The van der Waals surface area contributed by atoms with Gasteiger partial charge in [-0.25, -0.2) is 13.1 Å².